The van der Waals surface area contributed by atoms with Crippen molar-refractivity contribution < 1.29 is 14.5 Å². The number of benzene rings is 1. The molecule has 1 aromatic rings. The fraction of sp³-hybridized carbons (Fsp3) is 0.125. The number of nitrogens with zero attached hydrogens (tertiary/aromatic N) is 1. The number of methoxy groups -OCH3 is 1. The Morgan fingerprint density at radius 2 is 2.21 bits per heavy atom. The molecule has 6 heteroatoms. The largest absolute Gasteiger partial charge is 0.496 e. The third kappa shape index (κ3) is 1.74. The third-order valence-corrected chi connectivity index (χ3v) is 2.49. The number of rotatable bonds is 3. The van der Waals surface area contributed by atoms with Gasteiger partial charge in [-0.2, -0.15) is 0 Å². The van der Waals surface area contributed by atoms with Gasteiger partial charge in [0.2, 0.25) is 0 Å². The van der Waals surface area contributed by atoms with Crippen LogP contribution in [0.15, 0.2) is 16.6 Å². The number of carbonyl (C=O) groups excluding carboxylic acids is 1. The zero-order chi connectivity index (χ0) is 10.7. The van der Waals surface area contributed by atoms with E-state index in [0.717, 1.165) is 0 Å². The summed E-state index contributed by atoms with van der Waals surface area (Å²) in [5, 5.41) is 10.5. The molecule has 0 amide bonds. The van der Waals surface area contributed by atoms with E-state index in [4.69, 9.17) is 4.74 Å². The van der Waals surface area contributed by atoms with E-state index in [0.29, 0.717) is 12.0 Å². The van der Waals surface area contributed by atoms with Gasteiger partial charge in [0.1, 0.15) is 10.2 Å². The van der Waals surface area contributed by atoms with Gasteiger partial charge in [0.15, 0.2) is 6.29 Å². The first-order valence-electron chi connectivity index (χ1n) is 3.58. The molecule has 0 aliphatic rings. The number of ether oxygens (including phenoxy) is 1. The summed E-state index contributed by atoms with van der Waals surface area (Å²) in [4.78, 5) is 20.6. The predicted molar refractivity (Wildman–Crippen MR) is 52.7 cm³/mol. The molecule has 0 radical (unpaired) electrons. The molecule has 0 atom stereocenters. The standard InChI is InChI=1S/C8H6BrNO4/c1-14-7-3-2-6(10(12)13)8(9)5(7)4-11/h2-4H,1H3. The van der Waals surface area contributed by atoms with Crippen LogP contribution in [0.3, 0.4) is 0 Å². The molecule has 0 spiro atoms. The lowest BCUT2D eigenvalue weighted by atomic mass is 10.2. The molecule has 0 unspecified atom stereocenters. The first-order chi connectivity index (χ1) is 6.61. The second-order valence-electron chi connectivity index (χ2n) is 2.39. The van der Waals surface area contributed by atoms with Gasteiger partial charge in [-0.05, 0) is 22.0 Å². The van der Waals surface area contributed by atoms with Crippen molar-refractivity contribution in [1.82, 2.24) is 0 Å². The quantitative estimate of drug-likeness (QED) is 0.474. The lowest BCUT2D eigenvalue weighted by Gasteiger charge is -2.04. The van der Waals surface area contributed by atoms with Crippen molar-refractivity contribution >= 4 is 27.9 Å². The zero-order valence-electron chi connectivity index (χ0n) is 7.19. The highest BCUT2D eigenvalue weighted by Gasteiger charge is 2.18. The number of nitro groups is 1. The number of carbonyl (C=O) groups is 1. The second-order valence-corrected chi connectivity index (χ2v) is 3.18. The van der Waals surface area contributed by atoms with Crippen LogP contribution < -0.4 is 4.74 Å². The average Bonchev–Trinajstić information content (AvgIpc) is 2.16. The maximum absolute atomic E-state index is 10.6. The number of hydrogen-bond donors (Lipinski definition) is 0. The Kier molecular flexibility index (Phi) is 3.19. The maximum atomic E-state index is 10.6. The number of nitro benzene ring substituents is 1. The lowest BCUT2D eigenvalue weighted by molar-refractivity contribution is -0.385. The van der Waals surface area contributed by atoms with Gasteiger partial charge in [-0.15, -0.1) is 0 Å². The second kappa shape index (κ2) is 4.19. The Hall–Kier alpha value is -1.43. The smallest absolute Gasteiger partial charge is 0.284 e. The van der Waals surface area contributed by atoms with E-state index in [1.54, 1.807) is 0 Å². The molecule has 0 aliphatic heterocycles. The summed E-state index contributed by atoms with van der Waals surface area (Å²) in [6, 6.07) is 2.66. The summed E-state index contributed by atoms with van der Waals surface area (Å²) in [6.45, 7) is 0. The minimum Gasteiger partial charge on any atom is -0.496 e. The van der Waals surface area contributed by atoms with Gasteiger partial charge in [0.25, 0.3) is 5.69 Å². The zero-order valence-corrected chi connectivity index (χ0v) is 8.78. The molecule has 0 saturated carbocycles. The Morgan fingerprint density at radius 1 is 1.57 bits per heavy atom. The summed E-state index contributed by atoms with van der Waals surface area (Å²) >= 11 is 2.98. The molecule has 74 valence electrons. The van der Waals surface area contributed by atoms with Crippen molar-refractivity contribution in [2.75, 3.05) is 7.11 Å². The number of aldehydes is 1. The minimum atomic E-state index is -0.573. The number of hydrogen-bond acceptors (Lipinski definition) is 4. The molecule has 14 heavy (non-hydrogen) atoms. The van der Waals surface area contributed by atoms with E-state index in [-0.39, 0.29) is 15.7 Å². The van der Waals surface area contributed by atoms with E-state index in [2.05, 4.69) is 15.9 Å². The minimum absolute atomic E-state index is 0.136. The van der Waals surface area contributed by atoms with Crippen LogP contribution in [-0.4, -0.2) is 18.3 Å². The van der Waals surface area contributed by atoms with Gasteiger partial charge in [0, 0.05) is 6.07 Å². The van der Waals surface area contributed by atoms with E-state index in [1.165, 1.54) is 19.2 Å². The molecule has 5 nitrogen and oxygen atoms in total. The highest BCUT2D eigenvalue weighted by atomic mass is 79.9. The SMILES string of the molecule is COc1ccc([N+](=O)[O-])c(Br)c1C=O. The van der Waals surface area contributed by atoms with E-state index < -0.39 is 4.92 Å². The van der Waals surface area contributed by atoms with Crippen molar-refractivity contribution in [3.63, 3.8) is 0 Å². The van der Waals surface area contributed by atoms with Gasteiger partial charge >= 0.3 is 0 Å². The fourth-order valence-electron chi connectivity index (χ4n) is 0.993. The van der Waals surface area contributed by atoms with Crippen molar-refractivity contribution in [1.29, 1.82) is 0 Å². The molecular weight excluding hydrogens is 254 g/mol. The summed E-state index contributed by atoms with van der Waals surface area (Å²) in [7, 11) is 1.39. The molecule has 1 rings (SSSR count). The van der Waals surface area contributed by atoms with Crippen LogP contribution in [0, 0.1) is 10.1 Å². The number of halogens is 1. The maximum Gasteiger partial charge on any atom is 0.284 e. The normalized spacial score (nSPS) is 9.57. The highest BCUT2D eigenvalue weighted by molar-refractivity contribution is 9.10. The molecule has 0 aliphatic carbocycles. The van der Waals surface area contributed by atoms with Crippen LogP contribution in [0.25, 0.3) is 0 Å². The molecule has 0 bridgehead atoms. The van der Waals surface area contributed by atoms with Gasteiger partial charge in [-0.3, -0.25) is 14.9 Å². The predicted octanol–water partition coefficient (Wildman–Crippen LogP) is 2.18. The molecule has 0 aromatic heterocycles. The van der Waals surface area contributed by atoms with Gasteiger partial charge in [0.05, 0.1) is 17.6 Å². The Bertz CT molecular complexity index is 391. The summed E-state index contributed by atoms with van der Waals surface area (Å²) in [5.74, 6) is 0.303. The van der Waals surface area contributed by atoms with Crippen molar-refractivity contribution in [3.8, 4) is 5.75 Å². The van der Waals surface area contributed by atoms with Crippen LogP contribution in [0.1, 0.15) is 10.4 Å². The van der Waals surface area contributed by atoms with Gasteiger partial charge in [-0.1, -0.05) is 0 Å². The molecular formula is C8H6BrNO4. The average molecular weight is 260 g/mol. The van der Waals surface area contributed by atoms with Gasteiger partial charge in [-0.25, -0.2) is 0 Å². The lowest BCUT2D eigenvalue weighted by Crippen LogP contribution is -1.96. The van der Waals surface area contributed by atoms with E-state index >= 15 is 0 Å². The Labute approximate surface area is 88.0 Å². The summed E-state index contributed by atoms with van der Waals surface area (Å²) in [5.41, 5.74) is -0.0189. The molecule has 0 heterocycles. The Balaban J connectivity index is 3.42. The van der Waals surface area contributed by atoms with E-state index in [1.807, 2.05) is 0 Å². The van der Waals surface area contributed by atoms with Crippen molar-refractivity contribution in [2.24, 2.45) is 0 Å². The fourth-order valence-corrected chi connectivity index (χ4v) is 1.56. The van der Waals surface area contributed by atoms with E-state index in [9.17, 15) is 14.9 Å². The monoisotopic (exact) mass is 259 g/mol. The highest BCUT2D eigenvalue weighted by Crippen LogP contribution is 2.33. The topological polar surface area (TPSA) is 69.4 Å². The summed E-state index contributed by atoms with van der Waals surface area (Å²) in [6.07, 6.45) is 0.510. The first kappa shape index (κ1) is 10.6. The van der Waals surface area contributed by atoms with Crippen LogP contribution in [-0.2, 0) is 0 Å². The molecule has 0 N–H and O–H groups in total. The first-order valence-corrected chi connectivity index (χ1v) is 4.37. The molecule has 0 fully saturated rings. The van der Waals surface area contributed by atoms with Crippen LogP contribution in [0.4, 0.5) is 5.69 Å². The van der Waals surface area contributed by atoms with Crippen LogP contribution in [0.2, 0.25) is 0 Å². The van der Waals surface area contributed by atoms with Gasteiger partial charge < -0.3 is 4.74 Å². The van der Waals surface area contributed by atoms with Crippen LogP contribution >= 0.6 is 15.9 Å². The molecule has 0 saturated heterocycles. The van der Waals surface area contributed by atoms with Crippen molar-refractivity contribution in [2.45, 2.75) is 0 Å². The molecule has 1 aromatic carbocycles. The third-order valence-electron chi connectivity index (χ3n) is 1.65. The van der Waals surface area contributed by atoms with Crippen molar-refractivity contribution in [3.05, 3.63) is 32.3 Å². The van der Waals surface area contributed by atoms with Crippen LogP contribution in [0.5, 0.6) is 5.75 Å². The Morgan fingerprint density at radius 3 is 2.64 bits per heavy atom. The summed E-state index contributed by atoms with van der Waals surface area (Å²) < 4.78 is 5.00.